The highest BCUT2D eigenvalue weighted by Crippen LogP contribution is 2.45. The highest BCUT2D eigenvalue weighted by atomic mass is 16.5. The van der Waals surface area contributed by atoms with Gasteiger partial charge in [-0.3, -0.25) is 4.68 Å². The molecule has 1 heterocycles. The minimum atomic E-state index is -0.579. The van der Waals surface area contributed by atoms with E-state index >= 15 is 0 Å². The fraction of sp³-hybridized carbons (Fsp3) is 0.438. The Hall–Kier alpha value is -1.81. The predicted octanol–water partition coefficient (Wildman–Crippen LogP) is 2.85. The van der Waals surface area contributed by atoms with Crippen molar-refractivity contribution in [2.24, 2.45) is 0 Å². The van der Waals surface area contributed by atoms with E-state index in [2.05, 4.69) is 31.1 Å². The summed E-state index contributed by atoms with van der Waals surface area (Å²) < 4.78 is 7.21. The zero-order valence-electron chi connectivity index (χ0n) is 12.1. The highest BCUT2D eigenvalue weighted by Gasteiger charge is 2.36. The summed E-state index contributed by atoms with van der Waals surface area (Å²) in [5.41, 5.74) is 3.34. The zero-order chi connectivity index (χ0) is 14.3. The zero-order valence-corrected chi connectivity index (χ0v) is 12.1. The highest BCUT2D eigenvalue weighted by molar-refractivity contribution is 5.43. The van der Waals surface area contributed by atoms with Gasteiger partial charge in [0, 0.05) is 12.0 Å². The monoisotopic (exact) mass is 272 g/mol. The van der Waals surface area contributed by atoms with E-state index in [1.165, 1.54) is 11.1 Å². The Bertz CT molecular complexity index is 619. The quantitative estimate of drug-likeness (QED) is 0.931. The first-order chi connectivity index (χ1) is 9.63. The topological polar surface area (TPSA) is 47.3 Å². The average Bonchev–Trinajstić information content (AvgIpc) is 2.84. The van der Waals surface area contributed by atoms with E-state index in [4.69, 9.17) is 4.74 Å². The smallest absolute Gasteiger partial charge is 0.162 e. The number of methoxy groups -OCH3 is 1. The van der Waals surface area contributed by atoms with Crippen LogP contribution < -0.4 is 4.74 Å². The van der Waals surface area contributed by atoms with E-state index in [-0.39, 0.29) is 12.0 Å². The number of aromatic nitrogens is 2. The molecule has 20 heavy (non-hydrogen) atoms. The van der Waals surface area contributed by atoms with E-state index in [1.54, 1.807) is 13.3 Å². The SMILES string of the molecule is COc1cnn(C(C)C)c1C(O)C1Cc2ccccc21. The van der Waals surface area contributed by atoms with E-state index < -0.39 is 6.10 Å². The molecule has 4 nitrogen and oxygen atoms in total. The van der Waals surface area contributed by atoms with E-state index in [0.717, 1.165) is 12.1 Å². The number of rotatable bonds is 4. The maximum atomic E-state index is 10.8. The standard InChI is InChI=1S/C16H20N2O2/c1-10(2)18-15(14(20-3)9-17-18)16(19)13-8-11-6-4-5-7-12(11)13/h4-7,9-10,13,16,19H,8H2,1-3H3. The van der Waals surface area contributed by atoms with Crippen molar-refractivity contribution in [3.05, 3.63) is 47.3 Å². The van der Waals surface area contributed by atoms with Gasteiger partial charge in [0.1, 0.15) is 11.8 Å². The number of nitrogens with zero attached hydrogens (tertiary/aromatic N) is 2. The first kappa shape index (κ1) is 13.2. The summed E-state index contributed by atoms with van der Waals surface area (Å²) in [5.74, 6) is 0.796. The molecule has 0 amide bonds. The van der Waals surface area contributed by atoms with Gasteiger partial charge >= 0.3 is 0 Å². The van der Waals surface area contributed by atoms with E-state index in [0.29, 0.717) is 5.75 Å². The second kappa shape index (κ2) is 4.94. The molecule has 0 fully saturated rings. The van der Waals surface area contributed by atoms with Crippen molar-refractivity contribution >= 4 is 0 Å². The Balaban J connectivity index is 1.96. The van der Waals surface area contributed by atoms with Crippen molar-refractivity contribution in [2.45, 2.75) is 38.3 Å². The van der Waals surface area contributed by atoms with Gasteiger partial charge in [-0.1, -0.05) is 24.3 Å². The molecule has 0 aliphatic heterocycles. The second-order valence-electron chi connectivity index (χ2n) is 5.59. The van der Waals surface area contributed by atoms with Crippen molar-refractivity contribution in [3.8, 4) is 5.75 Å². The normalized spacial score (nSPS) is 18.6. The summed E-state index contributed by atoms with van der Waals surface area (Å²) in [7, 11) is 1.62. The van der Waals surface area contributed by atoms with Crippen LogP contribution in [0.1, 0.15) is 48.7 Å². The number of hydrogen-bond acceptors (Lipinski definition) is 3. The van der Waals surface area contributed by atoms with Crippen LogP contribution in [0.15, 0.2) is 30.5 Å². The Labute approximate surface area is 119 Å². The van der Waals surface area contributed by atoms with Gasteiger partial charge < -0.3 is 9.84 Å². The third kappa shape index (κ3) is 1.91. The molecule has 2 unspecified atom stereocenters. The molecule has 0 spiro atoms. The van der Waals surface area contributed by atoms with E-state index in [1.807, 2.05) is 16.8 Å². The molecule has 1 aromatic carbocycles. The average molecular weight is 272 g/mol. The largest absolute Gasteiger partial charge is 0.493 e. The molecule has 2 aromatic rings. The summed E-state index contributed by atoms with van der Waals surface area (Å²) in [4.78, 5) is 0. The number of benzene rings is 1. The molecular weight excluding hydrogens is 252 g/mol. The Morgan fingerprint density at radius 3 is 2.75 bits per heavy atom. The van der Waals surface area contributed by atoms with Crippen LogP contribution >= 0.6 is 0 Å². The van der Waals surface area contributed by atoms with Crippen LogP contribution in [0.25, 0.3) is 0 Å². The molecule has 1 aliphatic rings. The van der Waals surface area contributed by atoms with Gasteiger partial charge in [0.15, 0.2) is 5.75 Å². The fourth-order valence-corrected chi connectivity index (χ4v) is 2.98. The maximum absolute atomic E-state index is 10.8. The van der Waals surface area contributed by atoms with Gasteiger partial charge in [0.2, 0.25) is 0 Å². The summed E-state index contributed by atoms with van der Waals surface area (Å²) >= 11 is 0. The van der Waals surface area contributed by atoms with Crippen molar-refractivity contribution in [1.82, 2.24) is 9.78 Å². The van der Waals surface area contributed by atoms with Crippen molar-refractivity contribution in [3.63, 3.8) is 0 Å². The van der Waals surface area contributed by atoms with Crippen LogP contribution in [-0.2, 0) is 6.42 Å². The minimum absolute atomic E-state index is 0.134. The predicted molar refractivity (Wildman–Crippen MR) is 77.0 cm³/mol. The van der Waals surface area contributed by atoms with Crippen LogP contribution in [0.3, 0.4) is 0 Å². The number of aliphatic hydroxyl groups is 1. The lowest BCUT2D eigenvalue weighted by Crippen LogP contribution is -2.26. The number of aliphatic hydroxyl groups excluding tert-OH is 1. The molecule has 106 valence electrons. The first-order valence-electron chi connectivity index (χ1n) is 7.00. The molecule has 1 aromatic heterocycles. The van der Waals surface area contributed by atoms with Gasteiger partial charge in [-0.25, -0.2) is 0 Å². The summed E-state index contributed by atoms with van der Waals surface area (Å²) in [6.07, 6.45) is 2.01. The third-order valence-corrected chi connectivity index (χ3v) is 4.06. The van der Waals surface area contributed by atoms with Gasteiger partial charge in [0.25, 0.3) is 0 Å². The van der Waals surface area contributed by atoms with Gasteiger partial charge in [0.05, 0.1) is 13.3 Å². The summed E-state index contributed by atoms with van der Waals surface area (Å²) in [6.45, 7) is 4.11. The Kier molecular flexibility index (Phi) is 3.26. The molecule has 0 radical (unpaired) electrons. The summed E-state index contributed by atoms with van der Waals surface area (Å²) in [5, 5.41) is 15.1. The summed E-state index contributed by atoms with van der Waals surface area (Å²) in [6, 6.07) is 8.47. The van der Waals surface area contributed by atoms with Gasteiger partial charge in [-0.05, 0) is 31.4 Å². The van der Waals surface area contributed by atoms with Crippen molar-refractivity contribution < 1.29 is 9.84 Å². The lowest BCUT2D eigenvalue weighted by atomic mass is 9.73. The molecule has 0 bridgehead atoms. The minimum Gasteiger partial charge on any atom is -0.493 e. The molecule has 2 atom stereocenters. The van der Waals surface area contributed by atoms with E-state index in [9.17, 15) is 5.11 Å². The molecule has 4 heteroatoms. The lowest BCUT2D eigenvalue weighted by molar-refractivity contribution is 0.119. The first-order valence-corrected chi connectivity index (χ1v) is 7.00. The third-order valence-electron chi connectivity index (χ3n) is 4.06. The Morgan fingerprint density at radius 2 is 2.10 bits per heavy atom. The van der Waals surface area contributed by atoms with Gasteiger partial charge in [-0.2, -0.15) is 5.10 Å². The Morgan fingerprint density at radius 1 is 1.35 bits per heavy atom. The molecule has 3 rings (SSSR count). The lowest BCUT2D eigenvalue weighted by Gasteiger charge is -2.34. The van der Waals surface area contributed by atoms with Crippen molar-refractivity contribution in [2.75, 3.05) is 7.11 Å². The number of hydrogen-bond donors (Lipinski definition) is 1. The number of fused-ring (bicyclic) bond motifs is 1. The molecule has 0 saturated carbocycles. The van der Waals surface area contributed by atoms with Crippen LogP contribution in [0.2, 0.25) is 0 Å². The fourth-order valence-electron chi connectivity index (χ4n) is 2.98. The van der Waals surface area contributed by atoms with Crippen LogP contribution in [0, 0.1) is 0 Å². The molecule has 1 N–H and O–H groups in total. The number of ether oxygens (including phenoxy) is 1. The van der Waals surface area contributed by atoms with Crippen LogP contribution in [0.5, 0.6) is 5.75 Å². The molecule has 1 aliphatic carbocycles. The second-order valence-corrected chi connectivity index (χ2v) is 5.59. The molecule has 0 saturated heterocycles. The van der Waals surface area contributed by atoms with Crippen LogP contribution in [-0.4, -0.2) is 22.0 Å². The van der Waals surface area contributed by atoms with Crippen LogP contribution in [0.4, 0.5) is 0 Å². The van der Waals surface area contributed by atoms with Crippen molar-refractivity contribution in [1.29, 1.82) is 0 Å². The maximum Gasteiger partial charge on any atom is 0.162 e. The van der Waals surface area contributed by atoms with Gasteiger partial charge in [-0.15, -0.1) is 0 Å². The molecular formula is C16H20N2O2.